The summed E-state index contributed by atoms with van der Waals surface area (Å²) >= 11 is 0. The summed E-state index contributed by atoms with van der Waals surface area (Å²) in [6, 6.07) is 11.3. The van der Waals surface area contributed by atoms with E-state index in [2.05, 4.69) is 42.5 Å². The van der Waals surface area contributed by atoms with Crippen molar-refractivity contribution in [2.75, 3.05) is 59.5 Å². The van der Waals surface area contributed by atoms with Crippen molar-refractivity contribution in [3.8, 4) is 0 Å². The van der Waals surface area contributed by atoms with Crippen LogP contribution in [0.5, 0.6) is 0 Å². The van der Waals surface area contributed by atoms with Crippen LogP contribution in [0.4, 0.5) is 0 Å². The lowest BCUT2D eigenvalue weighted by atomic mass is 9.92. The zero-order valence-corrected chi connectivity index (χ0v) is 43.1. The minimum absolute atomic E-state index is 0.0219. The maximum absolute atomic E-state index is 14.1. The average molecular weight is 1020 g/mol. The first-order chi connectivity index (χ1) is 34.4. The summed E-state index contributed by atoms with van der Waals surface area (Å²) in [7, 11) is 1.57. The predicted octanol–water partition coefficient (Wildman–Crippen LogP) is -1.21. The molecule has 2 rings (SSSR count). The lowest BCUT2D eigenvalue weighted by molar-refractivity contribution is -0.133. The Hall–Kier alpha value is -7.20. The van der Waals surface area contributed by atoms with E-state index in [1.165, 1.54) is 32.6 Å². The van der Waals surface area contributed by atoms with Gasteiger partial charge in [-0.2, -0.15) is 0 Å². The molecule has 22 heteroatoms. The molecule has 8 N–H and O–H groups in total. The van der Waals surface area contributed by atoms with Crippen LogP contribution >= 0.6 is 0 Å². The highest BCUT2D eigenvalue weighted by Gasteiger charge is 2.30. The molecule has 2 aromatic carbocycles. The minimum Gasteiger partial charge on any atom is -0.364 e. The van der Waals surface area contributed by atoms with Gasteiger partial charge in [0.1, 0.15) is 54.7 Å². The highest BCUT2D eigenvalue weighted by molar-refractivity contribution is 5.96. The molecule has 0 radical (unpaired) electrons. The Kier molecular flexibility index (Phi) is 27.7. The summed E-state index contributed by atoms with van der Waals surface area (Å²) in [4.78, 5) is 153. The molecule has 0 aliphatic rings. The van der Waals surface area contributed by atoms with E-state index in [4.69, 9.17) is 4.74 Å². The van der Waals surface area contributed by atoms with Crippen molar-refractivity contribution in [1.82, 2.24) is 47.4 Å². The molecule has 0 aromatic heterocycles. The van der Waals surface area contributed by atoms with E-state index in [0.29, 0.717) is 12.0 Å². The molecule has 5 atom stereocenters. The Balaban J connectivity index is 2.29. The standard InChI is InChI=1S/C51H73N9O13/c1-31(2)18-40(56-45(66)26-53-47(68)30-73-29-36(7)64)50(71)58-43(49(70)55-24-34(5)62)22-39-16-14-38(15-17-39)19-32(3)20-41(57-44(65)25-52-46(67)28-60(8)27-35(6)63)51(72)59-42(48(69)54-23-33(4)61)21-37-12-10-9-11-13-37/h9-17,31-32,40-43H,18-30H2,1-8H3,(H,52,67)(H,53,68)(H,54,69)(H,55,70)(H,56,66)(H,57,65)(H,58,71)(H,59,72). The SMILES string of the molecule is CC(=O)CNC(=O)C(Cc1ccc(CC(C)CC(NC(=O)CNC(=O)CN(C)CC(C)=O)C(=O)NC(Cc2ccccc2)C(=O)NCC(C)=O)cc1)NC(=O)C(CC(C)C)NC(=O)CNC(=O)COCC(C)=O. The summed E-state index contributed by atoms with van der Waals surface area (Å²) in [5.41, 5.74) is 2.14. The van der Waals surface area contributed by atoms with E-state index in [1.54, 1.807) is 61.6 Å². The number of ether oxygens (including phenoxy) is 1. The first-order valence-electron chi connectivity index (χ1n) is 24.0. The summed E-state index contributed by atoms with van der Waals surface area (Å²) in [6.45, 7) is 8.42. The second-order valence-electron chi connectivity index (χ2n) is 18.7. The molecule has 0 fully saturated rings. The summed E-state index contributed by atoms with van der Waals surface area (Å²) in [5, 5.41) is 20.7. The van der Waals surface area contributed by atoms with Gasteiger partial charge in [0.25, 0.3) is 0 Å². The van der Waals surface area contributed by atoms with E-state index in [0.717, 1.165) is 11.1 Å². The van der Waals surface area contributed by atoms with Crippen LogP contribution in [0.1, 0.15) is 78.0 Å². The molecule has 0 bridgehead atoms. The first-order valence-corrected chi connectivity index (χ1v) is 24.0. The minimum atomic E-state index is -1.20. The van der Waals surface area contributed by atoms with Gasteiger partial charge in [-0.3, -0.25) is 62.4 Å². The van der Waals surface area contributed by atoms with Crippen molar-refractivity contribution in [2.24, 2.45) is 11.8 Å². The van der Waals surface area contributed by atoms with Crippen molar-refractivity contribution in [2.45, 2.75) is 105 Å². The van der Waals surface area contributed by atoms with Gasteiger partial charge in [-0.25, -0.2) is 0 Å². The number of amides is 8. The maximum Gasteiger partial charge on any atom is 0.246 e. The quantitative estimate of drug-likeness (QED) is 0.0409. The molecular weight excluding hydrogens is 947 g/mol. The van der Waals surface area contributed by atoms with E-state index < -0.39 is 91.1 Å². The van der Waals surface area contributed by atoms with Crippen molar-refractivity contribution < 1.29 is 62.3 Å². The third kappa shape index (κ3) is 27.3. The van der Waals surface area contributed by atoms with Crippen LogP contribution in [0.15, 0.2) is 54.6 Å². The predicted molar refractivity (Wildman–Crippen MR) is 268 cm³/mol. The number of ketones is 4. The number of Topliss-reactive ketones (excluding diaryl/α,β-unsaturated/α-hetero) is 4. The molecule has 0 saturated heterocycles. The number of nitrogens with zero attached hydrogens (tertiary/aromatic N) is 1. The smallest absolute Gasteiger partial charge is 0.246 e. The molecule has 73 heavy (non-hydrogen) atoms. The number of rotatable bonds is 34. The Bertz CT molecular complexity index is 2240. The second-order valence-corrected chi connectivity index (χ2v) is 18.7. The molecule has 8 amide bonds. The maximum atomic E-state index is 14.1. The molecule has 5 unspecified atom stereocenters. The van der Waals surface area contributed by atoms with Gasteiger partial charge in [-0.15, -0.1) is 0 Å². The van der Waals surface area contributed by atoms with Crippen LogP contribution < -0.4 is 42.5 Å². The van der Waals surface area contributed by atoms with Gasteiger partial charge in [0, 0.05) is 12.8 Å². The van der Waals surface area contributed by atoms with Gasteiger partial charge < -0.3 is 47.3 Å². The Morgan fingerprint density at radius 1 is 0.438 bits per heavy atom. The highest BCUT2D eigenvalue weighted by atomic mass is 16.5. The number of hydrogen-bond donors (Lipinski definition) is 8. The van der Waals surface area contributed by atoms with Gasteiger partial charge in [-0.1, -0.05) is 75.4 Å². The van der Waals surface area contributed by atoms with E-state index >= 15 is 0 Å². The van der Waals surface area contributed by atoms with Crippen molar-refractivity contribution in [1.29, 1.82) is 0 Å². The Labute approximate surface area is 426 Å². The number of benzene rings is 2. The van der Waals surface area contributed by atoms with Gasteiger partial charge >= 0.3 is 0 Å². The normalized spacial score (nSPS) is 13.0. The molecule has 22 nitrogen and oxygen atoms in total. The van der Waals surface area contributed by atoms with E-state index in [1.807, 2.05) is 20.8 Å². The second kappa shape index (κ2) is 32.7. The zero-order chi connectivity index (χ0) is 54.6. The van der Waals surface area contributed by atoms with Crippen LogP contribution in [-0.2, 0) is 81.5 Å². The number of carbonyl (C=O) groups is 12. The lowest BCUT2D eigenvalue weighted by Crippen LogP contribution is -2.56. The first kappa shape index (κ1) is 61.9. The third-order valence-electron chi connectivity index (χ3n) is 10.6. The lowest BCUT2D eigenvalue weighted by Gasteiger charge is -2.25. The van der Waals surface area contributed by atoms with Gasteiger partial charge in [0.05, 0.1) is 39.3 Å². The Morgan fingerprint density at radius 3 is 1.34 bits per heavy atom. The van der Waals surface area contributed by atoms with Crippen LogP contribution in [0.2, 0.25) is 0 Å². The third-order valence-corrected chi connectivity index (χ3v) is 10.6. The molecule has 400 valence electrons. The molecule has 0 heterocycles. The fraction of sp³-hybridized carbons (Fsp3) is 0.529. The number of carbonyl (C=O) groups excluding carboxylic acids is 12. The van der Waals surface area contributed by atoms with Crippen molar-refractivity contribution in [3.05, 3.63) is 71.3 Å². The summed E-state index contributed by atoms with van der Waals surface area (Å²) < 4.78 is 4.96. The van der Waals surface area contributed by atoms with Crippen LogP contribution in [0.25, 0.3) is 0 Å². The van der Waals surface area contributed by atoms with Gasteiger partial charge in [0.15, 0.2) is 5.78 Å². The van der Waals surface area contributed by atoms with Crippen LogP contribution in [0, 0.1) is 11.8 Å². The number of likely N-dealkylation sites (N-methyl/N-ethyl adjacent to an activating group) is 1. The van der Waals surface area contributed by atoms with Gasteiger partial charge in [-0.05, 0) is 82.5 Å². The van der Waals surface area contributed by atoms with Crippen molar-refractivity contribution in [3.63, 3.8) is 0 Å². The van der Waals surface area contributed by atoms with Crippen LogP contribution in [0.3, 0.4) is 0 Å². The van der Waals surface area contributed by atoms with E-state index in [9.17, 15) is 57.5 Å². The fourth-order valence-electron chi connectivity index (χ4n) is 7.28. The molecule has 0 aliphatic heterocycles. The molecule has 0 spiro atoms. The monoisotopic (exact) mass is 1020 g/mol. The average Bonchev–Trinajstić information content (AvgIpc) is 3.30. The fourth-order valence-corrected chi connectivity index (χ4v) is 7.28. The molecule has 2 aromatic rings. The molecule has 0 aliphatic carbocycles. The molecular formula is C51H73N9O13. The van der Waals surface area contributed by atoms with Gasteiger partial charge in [0.2, 0.25) is 47.3 Å². The summed E-state index contributed by atoms with van der Waals surface area (Å²) in [5.74, 6) is -6.61. The summed E-state index contributed by atoms with van der Waals surface area (Å²) in [6.07, 6.45) is 0.682. The number of hydrogen-bond acceptors (Lipinski definition) is 14. The zero-order valence-electron chi connectivity index (χ0n) is 43.1. The van der Waals surface area contributed by atoms with Crippen molar-refractivity contribution >= 4 is 70.4 Å². The Morgan fingerprint density at radius 2 is 0.890 bits per heavy atom. The highest BCUT2D eigenvalue weighted by Crippen LogP contribution is 2.17. The molecule has 0 saturated carbocycles. The van der Waals surface area contributed by atoms with E-state index in [-0.39, 0.29) is 93.4 Å². The number of nitrogens with one attached hydrogen (secondary N) is 8. The van der Waals surface area contributed by atoms with Crippen LogP contribution in [-0.4, -0.2) is 159 Å². The topological polar surface area (TPSA) is 314 Å². The largest absolute Gasteiger partial charge is 0.364 e.